The molecule has 0 saturated heterocycles. The smallest absolute Gasteiger partial charge is 0.162 e. The molecule has 0 aliphatic heterocycles. The molecule has 1 rings (SSSR count). The number of hydrogen-bond acceptors (Lipinski definition) is 2. The Morgan fingerprint density at radius 3 is 2.78 bits per heavy atom. The van der Waals surface area contributed by atoms with E-state index in [0.717, 1.165) is 25.7 Å². The molecule has 0 aliphatic rings. The third-order valence-corrected chi connectivity index (χ3v) is 2.64. The summed E-state index contributed by atoms with van der Waals surface area (Å²) in [6.45, 7) is 5.57. The summed E-state index contributed by atoms with van der Waals surface area (Å²) < 4.78 is 18.9. The van der Waals surface area contributed by atoms with Gasteiger partial charge in [-0.2, -0.15) is 0 Å². The van der Waals surface area contributed by atoms with Gasteiger partial charge in [0.2, 0.25) is 0 Å². The summed E-state index contributed by atoms with van der Waals surface area (Å²) in [5, 5.41) is 0. The van der Waals surface area contributed by atoms with Crippen LogP contribution in [0.4, 0.5) is 4.39 Å². The van der Waals surface area contributed by atoms with Gasteiger partial charge in [0.1, 0.15) is 11.6 Å². The third kappa shape index (κ3) is 4.70. The molecule has 0 heterocycles. The van der Waals surface area contributed by atoms with E-state index in [-0.39, 0.29) is 11.3 Å². The summed E-state index contributed by atoms with van der Waals surface area (Å²) in [6, 6.07) is 4.36. The molecule has 0 amide bonds. The largest absolute Gasteiger partial charge is 0.493 e. The number of ketones is 1. The number of ether oxygens (including phenoxy) is 1. The van der Waals surface area contributed by atoms with Gasteiger partial charge in [-0.15, -0.1) is 6.58 Å². The lowest BCUT2D eigenvalue weighted by atomic mass is 10.1. The monoisotopic (exact) mass is 250 g/mol. The number of halogens is 1. The number of allylic oxidation sites excluding steroid dienone is 1. The van der Waals surface area contributed by atoms with Gasteiger partial charge in [-0.25, -0.2) is 4.39 Å². The molecular weight excluding hydrogens is 231 g/mol. The lowest BCUT2D eigenvalue weighted by molar-refractivity contribution is 0.101. The Balaban J connectivity index is 2.37. The average molecular weight is 250 g/mol. The van der Waals surface area contributed by atoms with E-state index in [1.54, 1.807) is 6.07 Å². The van der Waals surface area contributed by atoms with E-state index in [1.165, 1.54) is 19.1 Å². The highest BCUT2D eigenvalue weighted by molar-refractivity contribution is 5.94. The maximum Gasteiger partial charge on any atom is 0.162 e. The van der Waals surface area contributed by atoms with E-state index in [9.17, 15) is 9.18 Å². The van der Waals surface area contributed by atoms with Crippen LogP contribution in [0, 0.1) is 5.82 Å². The van der Waals surface area contributed by atoms with Gasteiger partial charge in [0.25, 0.3) is 0 Å². The predicted molar refractivity (Wildman–Crippen MR) is 70.6 cm³/mol. The number of benzene rings is 1. The molecule has 0 N–H and O–H groups in total. The van der Waals surface area contributed by atoms with Gasteiger partial charge >= 0.3 is 0 Å². The maximum absolute atomic E-state index is 13.5. The van der Waals surface area contributed by atoms with E-state index in [4.69, 9.17) is 4.74 Å². The first-order valence-corrected chi connectivity index (χ1v) is 6.19. The maximum atomic E-state index is 13.5. The van der Waals surface area contributed by atoms with E-state index >= 15 is 0 Å². The zero-order chi connectivity index (χ0) is 13.4. The van der Waals surface area contributed by atoms with Crippen LogP contribution in [0.25, 0.3) is 0 Å². The molecule has 0 unspecified atom stereocenters. The van der Waals surface area contributed by atoms with Crippen molar-refractivity contribution in [1.82, 2.24) is 0 Å². The van der Waals surface area contributed by atoms with Crippen LogP contribution < -0.4 is 4.74 Å². The average Bonchev–Trinajstić information content (AvgIpc) is 2.33. The quantitative estimate of drug-likeness (QED) is 0.393. The number of carbonyl (C=O) groups is 1. The van der Waals surface area contributed by atoms with Crippen molar-refractivity contribution in [2.45, 2.75) is 32.6 Å². The summed E-state index contributed by atoms with van der Waals surface area (Å²) in [7, 11) is 0. The predicted octanol–water partition coefficient (Wildman–Crippen LogP) is 4.15. The van der Waals surface area contributed by atoms with E-state index in [1.807, 2.05) is 6.08 Å². The van der Waals surface area contributed by atoms with Crippen LogP contribution >= 0.6 is 0 Å². The van der Waals surface area contributed by atoms with Crippen molar-refractivity contribution in [3.63, 3.8) is 0 Å². The molecule has 0 saturated carbocycles. The van der Waals surface area contributed by atoms with Crippen molar-refractivity contribution in [3.8, 4) is 5.75 Å². The van der Waals surface area contributed by atoms with Gasteiger partial charge in [-0.05, 0) is 44.7 Å². The molecule has 0 spiro atoms. The fourth-order valence-electron chi connectivity index (χ4n) is 1.63. The summed E-state index contributed by atoms with van der Waals surface area (Å²) in [5.41, 5.74) is 0.105. The highest BCUT2D eigenvalue weighted by Gasteiger charge is 2.07. The Hall–Kier alpha value is -1.64. The summed E-state index contributed by atoms with van der Waals surface area (Å²) in [5.74, 6) is -0.323. The number of hydrogen-bond donors (Lipinski definition) is 0. The van der Waals surface area contributed by atoms with Crippen LogP contribution in [0.5, 0.6) is 5.75 Å². The van der Waals surface area contributed by atoms with Crippen LogP contribution in [0.3, 0.4) is 0 Å². The molecular formula is C15H19FO2. The molecule has 0 aromatic heterocycles. The second kappa shape index (κ2) is 7.64. The lowest BCUT2D eigenvalue weighted by Crippen LogP contribution is -2.00. The van der Waals surface area contributed by atoms with Crippen LogP contribution in [-0.4, -0.2) is 12.4 Å². The summed E-state index contributed by atoms with van der Waals surface area (Å²) in [4.78, 5) is 11.0. The molecule has 0 radical (unpaired) electrons. The summed E-state index contributed by atoms with van der Waals surface area (Å²) >= 11 is 0. The van der Waals surface area contributed by atoms with Gasteiger partial charge in [-0.3, -0.25) is 4.79 Å². The van der Waals surface area contributed by atoms with Crippen LogP contribution in [-0.2, 0) is 0 Å². The van der Waals surface area contributed by atoms with Crippen LogP contribution in [0.1, 0.15) is 43.0 Å². The highest BCUT2D eigenvalue weighted by atomic mass is 19.1. The zero-order valence-corrected chi connectivity index (χ0v) is 10.7. The topological polar surface area (TPSA) is 26.3 Å². The minimum atomic E-state index is -0.522. The molecule has 0 aliphatic carbocycles. The van der Waals surface area contributed by atoms with Gasteiger partial charge in [0.15, 0.2) is 5.78 Å². The van der Waals surface area contributed by atoms with E-state index < -0.39 is 5.82 Å². The normalized spacial score (nSPS) is 10.1. The molecule has 1 aromatic rings. The number of rotatable bonds is 8. The molecule has 18 heavy (non-hydrogen) atoms. The second-order valence-corrected chi connectivity index (χ2v) is 4.18. The second-order valence-electron chi connectivity index (χ2n) is 4.18. The summed E-state index contributed by atoms with van der Waals surface area (Å²) in [6.07, 6.45) is 6.02. The number of unbranched alkanes of at least 4 members (excludes halogenated alkanes) is 3. The van der Waals surface area contributed by atoms with Gasteiger partial charge in [-0.1, -0.05) is 6.08 Å². The molecule has 3 heteroatoms. The Bertz CT molecular complexity index is 413. The SMILES string of the molecule is C=CCCCCCOc1ccc(C(C)=O)c(F)c1. The third-order valence-electron chi connectivity index (χ3n) is 2.64. The Morgan fingerprint density at radius 2 is 2.17 bits per heavy atom. The fourth-order valence-corrected chi connectivity index (χ4v) is 1.63. The van der Waals surface area contributed by atoms with E-state index in [0.29, 0.717) is 12.4 Å². The van der Waals surface area contributed by atoms with Gasteiger partial charge in [0, 0.05) is 6.07 Å². The minimum Gasteiger partial charge on any atom is -0.493 e. The first kappa shape index (κ1) is 14.4. The van der Waals surface area contributed by atoms with Crippen molar-refractivity contribution < 1.29 is 13.9 Å². The van der Waals surface area contributed by atoms with Crippen molar-refractivity contribution >= 4 is 5.78 Å². The zero-order valence-electron chi connectivity index (χ0n) is 10.7. The van der Waals surface area contributed by atoms with Crippen LogP contribution in [0.2, 0.25) is 0 Å². The molecule has 1 aromatic carbocycles. The molecule has 0 atom stereocenters. The highest BCUT2D eigenvalue weighted by Crippen LogP contribution is 2.17. The first-order valence-electron chi connectivity index (χ1n) is 6.19. The molecule has 2 nitrogen and oxygen atoms in total. The van der Waals surface area contributed by atoms with Gasteiger partial charge in [0.05, 0.1) is 12.2 Å². The molecule has 0 fully saturated rings. The van der Waals surface area contributed by atoms with Crippen molar-refractivity contribution in [2.75, 3.05) is 6.61 Å². The van der Waals surface area contributed by atoms with Crippen molar-refractivity contribution in [1.29, 1.82) is 0 Å². The van der Waals surface area contributed by atoms with Crippen molar-refractivity contribution in [2.24, 2.45) is 0 Å². The van der Waals surface area contributed by atoms with E-state index in [2.05, 4.69) is 6.58 Å². The standard InChI is InChI=1S/C15H19FO2/c1-3-4-5-6-7-10-18-13-8-9-14(12(2)17)15(16)11-13/h3,8-9,11H,1,4-7,10H2,2H3. The first-order chi connectivity index (χ1) is 8.65. The number of Topliss-reactive ketones (excluding diaryl/α,β-unsaturated/α-hetero) is 1. The van der Waals surface area contributed by atoms with Gasteiger partial charge < -0.3 is 4.74 Å². The molecule has 98 valence electrons. The number of carbonyl (C=O) groups excluding carboxylic acids is 1. The lowest BCUT2D eigenvalue weighted by Gasteiger charge is -2.07. The Morgan fingerprint density at radius 1 is 1.39 bits per heavy atom. The van der Waals surface area contributed by atoms with Crippen molar-refractivity contribution in [3.05, 3.63) is 42.2 Å². The Labute approximate surface area is 107 Å². The Kier molecular flexibility index (Phi) is 6.12. The fraction of sp³-hybridized carbons (Fsp3) is 0.400. The van der Waals surface area contributed by atoms with Crippen LogP contribution in [0.15, 0.2) is 30.9 Å². The molecule has 0 bridgehead atoms. The minimum absolute atomic E-state index is 0.105.